The van der Waals surface area contributed by atoms with Crippen LogP contribution in [0, 0.1) is 17.1 Å². The van der Waals surface area contributed by atoms with Crippen molar-refractivity contribution in [3.8, 4) is 6.07 Å². The first-order chi connectivity index (χ1) is 15.7. The minimum atomic E-state index is -1.05. The molecule has 2 N–H and O–H groups in total. The van der Waals surface area contributed by atoms with Crippen molar-refractivity contribution in [2.45, 2.75) is 5.92 Å². The molecule has 2 aromatic carbocycles. The molecule has 0 amide bonds. The van der Waals surface area contributed by atoms with Crippen LogP contribution in [-0.4, -0.2) is 26.2 Å². The van der Waals surface area contributed by atoms with E-state index in [0.717, 1.165) is 19.1 Å². The van der Waals surface area contributed by atoms with Gasteiger partial charge in [-0.15, -0.1) is 0 Å². The Morgan fingerprint density at radius 1 is 1.15 bits per heavy atom. The van der Waals surface area contributed by atoms with Gasteiger partial charge in [0.15, 0.2) is 5.82 Å². The molecule has 0 radical (unpaired) electrons. The van der Waals surface area contributed by atoms with E-state index in [1.54, 1.807) is 30.3 Å². The van der Waals surface area contributed by atoms with E-state index in [-0.39, 0.29) is 37.3 Å². The second-order valence-electron chi connectivity index (χ2n) is 6.65. The number of hydrogen-bond donors (Lipinski definition) is 1. The standard InChI is InChI=1S/C22H15Br2ClFN3O4/c1-32-21(30)15-14(10-6-4-3-5-7-10)11(9-27)20(28)29(19(15)22(31)33-2)18-13(24)8-12(23)17(26)16(18)25/h3-8,14H,28H2,1-2H3. The van der Waals surface area contributed by atoms with Gasteiger partial charge in [0, 0.05) is 4.47 Å². The monoisotopic (exact) mass is 597 g/mol. The number of halogens is 4. The maximum absolute atomic E-state index is 14.7. The Morgan fingerprint density at radius 2 is 1.76 bits per heavy atom. The zero-order chi connectivity index (χ0) is 24.4. The summed E-state index contributed by atoms with van der Waals surface area (Å²) in [6.45, 7) is 0. The molecule has 1 unspecified atom stereocenters. The van der Waals surface area contributed by atoms with Crippen molar-refractivity contribution in [3.63, 3.8) is 0 Å². The molecule has 0 fully saturated rings. The number of rotatable bonds is 4. The smallest absolute Gasteiger partial charge is 0.355 e. The van der Waals surface area contributed by atoms with Crippen molar-refractivity contribution >= 4 is 61.1 Å². The van der Waals surface area contributed by atoms with Crippen LogP contribution >= 0.6 is 43.5 Å². The number of benzene rings is 2. The molecular weight excluding hydrogens is 585 g/mol. The van der Waals surface area contributed by atoms with Gasteiger partial charge in [-0.2, -0.15) is 5.26 Å². The molecule has 1 aliphatic rings. The molecule has 1 atom stereocenters. The number of nitriles is 1. The van der Waals surface area contributed by atoms with E-state index in [4.69, 9.17) is 26.8 Å². The number of nitrogens with zero attached hydrogens (tertiary/aromatic N) is 2. The maximum Gasteiger partial charge on any atom is 0.355 e. The van der Waals surface area contributed by atoms with Crippen LogP contribution in [0.1, 0.15) is 11.5 Å². The lowest BCUT2D eigenvalue weighted by atomic mass is 9.81. The van der Waals surface area contributed by atoms with Crippen LogP contribution in [0.15, 0.2) is 68.0 Å². The summed E-state index contributed by atoms with van der Waals surface area (Å²) in [5.74, 6) is -3.99. The Labute approximate surface area is 210 Å². The molecule has 0 spiro atoms. The second-order valence-corrected chi connectivity index (χ2v) is 8.74. The quantitative estimate of drug-likeness (QED) is 0.303. The van der Waals surface area contributed by atoms with Gasteiger partial charge in [0.1, 0.15) is 16.5 Å². The van der Waals surface area contributed by atoms with E-state index >= 15 is 0 Å². The minimum Gasteiger partial charge on any atom is -0.466 e. The highest BCUT2D eigenvalue weighted by Gasteiger charge is 2.44. The second kappa shape index (κ2) is 9.95. The lowest BCUT2D eigenvalue weighted by molar-refractivity contribution is -0.139. The fourth-order valence-electron chi connectivity index (χ4n) is 3.51. The van der Waals surface area contributed by atoms with Crippen molar-refractivity contribution in [1.29, 1.82) is 5.26 Å². The average molecular weight is 600 g/mol. The highest BCUT2D eigenvalue weighted by Crippen LogP contribution is 2.48. The lowest BCUT2D eigenvalue weighted by Crippen LogP contribution is -2.41. The largest absolute Gasteiger partial charge is 0.466 e. The van der Waals surface area contributed by atoms with Gasteiger partial charge in [-0.25, -0.2) is 14.0 Å². The third-order valence-electron chi connectivity index (χ3n) is 4.92. The van der Waals surface area contributed by atoms with Gasteiger partial charge in [-0.3, -0.25) is 4.90 Å². The summed E-state index contributed by atoms with van der Waals surface area (Å²) in [6, 6.07) is 11.9. The first kappa shape index (κ1) is 24.8. The molecule has 7 nitrogen and oxygen atoms in total. The van der Waals surface area contributed by atoms with Gasteiger partial charge < -0.3 is 15.2 Å². The van der Waals surface area contributed by atoms with E-state index in [0.29, 0.717) is 5.56 Å². The predicted molar refractivity (Wildman–Crippen MR) is 126 cm³/mol. The van der Waals surface area contributed by atoms with Crippen LogP contribution in [0.4, 0.5) is 10.1 Å². The summed E-state index contributed by atoms with van der Waals surface area (Å²) >= 11 is 12.6. The number of esters is 2. The van der Waals surface area contributed by atoms with Gasteiger partial charge in [0.2, 0.25) is 0 Å². The Balaban J connectivity index is 2.50. The van der Waals surface area contributed by atoms with Crippen LogP contribution in [0.25, 0.3) is 0 Å². The van der Waals surface area contributed by atoms with Gasteiger partial charge in [0.25, 0.3) is 0 Å². The van der Waals surface area contributed by atoms with E-state index in [9.17, 15) is 19.2 Å². The Bertz CT molecular complexity index is 1260. The van der Waals surface area contributed by atoms with Crippen LogP contribution in [0.3, 0.4) is 0 Å². The van der Waals surface area contributed by atoms with E-state index in [2.05, 4.69) is 31.9 Å². The number of ether oxygens (including phenoxy) is 2. The molecular formula is C22H15Br2ClFN3O4. The van der Waals surface area contributed by atoms with Crippen molar-refractivity contribution < 1.29 is 23.5 Å². The summed E-state index contributed by atoms with van der Waals surface area (Å²) in [6.07, 6.45) is 0. The summed E-state index contributed by atoms with van der Waals surface area (Å²) in [7, 11) is 2.24. The van der Waals surface area contributed by atoms with Crippen LogP contribution in [0.5, 0.6) is 0 Å². The molecule has 0 saturated carbocycles. The molecule has 0 aromatic heterocycles. The van der Waals surface area contributed by atoms with Gasteiger partial charge in [-0.1, -0.05) is 41.9 Å². The molecule has 0 aliphatic carbocycles. The maximum atomic E-state index is 14.7. The highest BCUT2D eigenvalue weighted by atomic mass is 79.9. The molecule has 0 saturated heterocycles. The number of methoxy groups -OCH3 is 2. The Kier molecular flexibility index (Phi) is 7.47. The van der Waals surface area contributed by atoms with Crippen molar-refractivity contribution in [2.75, 3.05) is 19.1 Å². The zero-order valence-corrected chi connectivity index (χ0v) is 21.1. The number of hydrogen-bond acceptors (Lipinski definition) is 7. The van der Waals surface area contributed by atoms with E-state index in [1.165, 1.54) is 6.07 Å². The van der Waals surface area contributed by atoms with Crippen molar-refractivity contribution in [3.05, 3.63) is 84.4 Å². The van der Waals surface area contributed by atoms with Crippen molar-refractivity contribution in [1.82, 2.24) is 0 Å². The first-order valence-electron chi connectivity index (χ1n) is 9.18. The molecule has 0 bridgehead atoms. The minimum absolute atomic E-state index is 0.0437. The fourth-order valence-corrected chi connectivity index (χ4v) is 5.36. The number of anilines is 1. The third kappa shape index (κ3) is 4.24. The SMILES string of the molecule is COC(=O)C1=C(C(=O)OC)N(c2c(Br)cc(Br)c(F)c2Cl)C(N)=C(C#N)C1c1ccccc1. The number of allylic oxidation sites excluding steroid dienone is 1. The Hall–Kier alpha value is -2.87. The van der Waals surface area contributed by atoms with E-state index in [1.807, 2.05) is 6.07 Å². The van der Waals surface area contributed by atoms with Crippen molar-refractivity contribution in [2.24, 2.45) is 5.73 Å². The molecule has 170 valence electrons. The third-order valence-corrected chi connectivity index (χ3v) is 6.45. The van der Waals surface area contributed by atoms with Crippen LogP contribution < -0.4 is 10.6 Å². The molecule has 33 heavy (non-hydrogen) atoms. The normalized spacial score (nSPS) is 15.9. The molecule has 1 aliphatic heterocycles. The summed E-state index contributed by atoms with van der Waals surface area (Å²) in [4.78, 5) is 27.1. The zero-order valence-electron chi connectivity index (χ0n) is 17.2. The van der Waals surface area contributed by atoms with Gasteiger partial charge >= 0.3 is 11.9 Å². The fraction of sp³-hybridized carbons (Fsp3) is 0.136. The number of nitrogens with two attached hydrogens (primary N) is 1. The van der Waals surface area contributed by atoms with Crippen LogP contribution in [0.2, 0.25) is 5.02 Å². The number of carbonyl (C=O) groups excluding carboxylic acids is 2. The predicted octanol–water partition coefficient (Wildman–Crippen LogP) is 4.90. The molecule has 3 rings (SSSR count). The summed E-state index contributed by atoms with van der Waals surface area (Å²) in [5.41, 5.74) is 6.14. The lowest BCUT2D eigenvalue weighted by Gasteiger charge is -2.36. The van der Waals surface area contributed by atoms with Gasteiger partial charge in [-0.05, 0) is 43.5 Å². The topological polar surface area (TPSA) is 106 Å². The molecule has 1 heterocycles. The summed E-state index contributed by atoms with van der Waals surface area (Å²) in [5, 5.41) is 9.60. The highest BCUT2D eigenvalue weighted by molar-refractivity contribution is 9.11. The first-order valence-corrected chi connectivity index (χ1v) is 11.1. The van der Waals surface area contributed by atoms with E-state index < -0.39 is 28.7 Å². The van der Waals surface area contributed by atoms with Crippen LogP contribution in [-0.2, 0) is 19.1 Å². The number of carbonyl (C=O) groups is 2. The Morgan fingerprint density at radius 3 is 2.30 bits per heavy atom. The molecule has 2 aromatic rings. The van der Waals surface area contributed by atoms with Gasteiger partial charge in [0.05, 0.1) is 47.5 Å². The average Bonchev–Trinajstić information content (AvgIpc) is 2.82. The molecule has 11 heteroatoms. The summed E-state index contributed by atoms with van der Waals surface area (Å²) < 4.78 is 24.9.